The molecule has 0 bridgehead atoms. The molecule has 0 radical (unpaired) electrons. The molecule has 0 saturated carbocycles. The fourth-order valence-corrected chi connectivity index (χ4v) is 2.15. The first-order valence-electron chi connectivity index (χ1n) is 7.43. The molecule has 1 rings (SSSR count). The maximum absolute atomic E-state index is 12.0. The SMILES string of the molecule is CN=C(NCCC(C)C)NCC(=O)Nc1cc(Br)ccc1C.I. The summed E-state index contributed by atoms with van der Waals surface area (Å²) < 4.78 is 0.938. The molecule has 0 aliphatic heterocycles. The number of carbonyl (C=O) groups excluding carboxylic acids is 1. The van der Waals surface area contributed by atoms with Gasteiger partial charge in [0.1, 0.15) is 0 Å². The number of nitrogens with zero attached hydrogens (tertiary/aromatic N) is 1. The molecule has 0 aromatic heterocycles. The average Bonchev–Trinajstić information content (AvgIpc) is 2.46. The Balaban J connectivity index is 0.00000484. The van der Waals surface area contributed by atoms with E-state index in [1.165, 1.54) is 0 Å². The summed E-state index contributed by atoms with van der Waals surface area (Å²) in [5.41, 5.74) is 1.83. The number of guanidine groups is 1. The van der Waals surface area contributed by atoms with E-state index >= 15 is 0 Å². The normalized spacial score (nSPS) is 11.0. The summed E-state index contributed by atoms with van der Waals surface area (Å²) in [4.78, 5) is 16.1. The molecule has 1 aromatic carbocycles. The van der Waals surface area contributed by atoms with Crippen molar-refractivity contribution in [2.24, 2.45) is 10.9 Å². The highest BCUT2D eigenvalue weighted by atomic mass is 127. The molecule has 0 saturated heterocycles. The van der Waals surface area contributed by atoms with Gasteiger partial charge in [0.25, 0.3) is 0 Å². The number of hydrogen-bond acceptors (Lipinski definition) is 2. The van der Waals surface area contributed by atoms with E-state index in [0.717, 1.165) is 28.7 Å². The van der Waals surface area contributed by atoms with Crippen LogP contribution in [0.25, 0.3) is 0 Å². The molecule has 0 aliphatic rings. The highest BCUT2D eigenvalue weighted by molar-refractivity contribution is 14.0. The lowest BCUT2D eigenvalue weighted by molar-refractivity contribution is -0.115. The first-order valence-corrected chi connectivity index (χ1v) is 8.22. The number of aliphatic imine (C=N–C) groups is 1. The fraction of sp³-hybridized carbons (Fsp3) is 0.500. The van der Waals surface area contributed by atoms with Crippen molar-refractivity contribution < 1.29 is 4.79 Å². The van der Waals surface area contributed by atoms with Gasteiger partial charge in [-0.15, -0.1) is 24.0 Å². The van der Waals surface area contributed by atoms with Crippen LogP contribution in [-0.2, 0) is 4.79 Å². The van der Waals surface area contributed by atoms with Gasteiger partial charge in [-0.25, -0.2) is 0 Å². The Morgan fingerprint density at radius 1 is 1.30 bits per heavy atom. The van der Waals surface area contributed by atoms with Crippen molar-refractivity contribution in [3.63, 3.8) is 0 Å². The van der Waals surface area contributed by atoms with E-state index < -0.39 is 0 Å². The van der Waals surface area contributed by atoms with Gasteiger partial charge in [0.2, 0.25) is 5.91 Å². The Labute approximate surface area is 164 Å². The highest BCUT2D eigenvalue weighted by Crippen LogP contribution is 2.20. The third kappa shape index (κ3) is 9.14. The molecule has 1 amide bonds. The average molecular weight is 497 g/mol. The van der Waals surface area contributed by atoms with Gasteiger partial charge in [-0.05, 0) is 37.0 Å². The predicted molar refractivity (Wildman–Crippen MR) is 112 cm³/mol. The van der Waals surface area contributed by atoms with E-state index in [-0.39, 0.29) is 36.4 Å². The van der Waals surface area contributed by atoms with Gasteiger partial charge in [0.15, 0.2) is 5.96 Å². The van der Waals surface area contributed by atoms with Crippen molar-refractivity contribution in [3.05, 3.63) is 28.2 Å². The van der Waals surface area contributed by atoms with Crippen LogP contribution < -0.4 is 16.0 Å². The lowest BCUT2D eigenvalue weighted by atomic mass is 10.1. The van der Waals surface area contributed by atoms with Crippen LogP contribution in [0.4, 0.5) is 5.69 Å². The van der Waals surface area contributed by atoms with Crippen LogP contribution in [0.15, 0.2) is 27.7 Å². The van der Waals surface area contributed by atoms with Gasteiger partial charge in [-0.2, -0.15) is 0 Å². The number of aryl methyl sites for hydroxylation is 1. The first-order chi connectivity index (χ1) is 10.4. The zero-order valence-electron chi connectivity index (χ0n) is 14.1. The topological polar surface area (TPSA) is 65.5 Å². The van der Waals surface area contributed by atoms with E-state index in [4.69, 9.17) is 0 Å². The minimum absolute atomic E-state index is 0. The van der Waals surface area contributed by atoms with Gasteiger partial charge in [0, 0.05) is 23.8 Å². The molecule has 130 valence electrons. The van der Waals surface area contributed by atoms with Gasteiger partial charge >= 0.3 is 0 Å². The molecule has 23 heavy (non-hydrogen) atoms. The van der Waals surface area contributed by atoms with Crippen LogP contribution in [0, 0.1) is 12.8 Å². The Morgan fingerprint density at radius 2 is 2.00 bits per heavy atom. The predicted octanol–water partition coefficient (Wildman–Crippen LogP) is 3.53. The second-order valence-corrected chi connectivity index (χ2v) is 6.46. The van der Waals surface area contributed by atoms with E-state index in [2.05, 4.69) is 50.7 Å². The molecular weight excluding hydrogens is 471 g/mol. The third-order valence-corrected chi connectivity index (χ3v) is 3.62. The van der Waals surface area contributed by atoms with Crippen LogP contribution in [0.5, 0.6) is 0 Å². The van der Waals surface area contributed by atoms with Gasteiger partial charge in [-0.3, -0.25) is 9.79 Å². The summed E-state index contributed by atoms with van der Waals surface area (Å²) in [6.07, 6.45) is 1.06. The lowest BCUT2D eigenvalue weighted by Crippen LogP contribution is -2.41. The molecule has 0 fully saturated rings. The number of rotatable bonds is 6. The molecule has 5 nitrogen and oxygen atoms in total. The fourth-order valence-electron chi connectivity index (χ4n) is 1.79. The summed E-state index contributed by atoms with van der Waals surface area (Å²) in [6, 6.07) is 5.80. The molecular formula is C16H26BrIN4O. The molecule has 1 aromatic rings. The number of hydrogen-bond donors (Lipinski definition) is 3. The van der Waals surface area contributed by atoms with Crippen LogP contribution in [-0.4, -0.2) is 32.0 Å². The van der Waals surface area contributed by atoms with Crippen LogP contribution in [0.2, 0.25) is 0 Å². The van der Waals surface area contributed by atoms with Crippen LogP contribution in [0.3, 0.4) is 0 Å². The van der Waals surface area contributed by atoms with Crippen molar-refractivity contribution in [1.29, 1.82) is 0 Å². The first kappa shape index (κ1) is 22.2. The smallest absolute Gasteiger partial charge is 0.243 e. The molecule has 0 spiro atoms. The van der Waals surface area contributed by atoms with Gasteiger partial charge < -0.3 is 16.0 Å². The molecule has 0 aliphatic carbocycles. The summed E-state index contributed by atoms with van der Waals surface area (Å²) in [5, 5.41) is 9.09. The molecule has 3 N–H and O–H groups in total. The summed E-state index contributed by atoms with van der Waals surface area (Å²) in [7, 11) is 1.70. The second-order valence-electron chi connectivity index (χ2n) is 5.54. The van der Waals surface area contributed by atoms with E-state index in [9.17, 15) is 4.79 Å². The Kier molecular flexibility index (Phi) is 11.2. The van der Waals surface area contributed by atoms with Crippen molar-refractivity contribution in [1.82, 2.24) is 10.6 Å². The molecule has 0 heterocycles. The number of anilines is 1. The zero-order chi connectivity index (χ0) is 16.5. The molecule has 0 atom stereocenters. The minimum atomic E-state index is -0.104. The van der Waals surface area contributed by atoms with E-state index in [1.807, 2.05) is 25.1 Å². The monoisotopic (exact) mass is 496 g/mol. The summed E-state index contributed by atoms with van der Waals surface area (Å²) >= 11 is 3.40. The van der Waals surface area contributed by atoms with Crippen molar-refractivity contribution in [3.8, 4) is 0 Å². The summed E-state index contributed by atoms with van der Waals surface area (Å²) in [5.74, 6) is 1.17. The quantitative estimate of drug-likeness (QED) is 0.320. The summed E-state index contributed by atoms with van der Waals surface area (Å²) in [6.45, 7) is 7.32. The zero-order valence-corrected chi connectivity index (χ0v) is 18.0. The van der Waals surface area contributed by atoms with Crippen molar-refractivity contribution in [2.45, 2.75) is 27.2 Å². The number of amides is 1. The largest absolute Gasteiger partial charge is 0.356 e. The standard InChI is InChI=1S/C16H25BrN4O.HI/c1-11(2)7-8-19-16(18-4)20-10-15(22)21-14-9-13(17)6-5-12(14)3;/h5-6,9,11H,7-8,10H2,1-4H3,(H,21,22)(H2,18,19,20);1H. The van der Waals surface area contributed by atoms with Crippen molar-refractivity contribution >= 4 is 57.5 Å². The molecule has 0 unspecified atom stereocenters. The van der Waals surface area contributed by atoms with Crippen LogP contribution >= 0.6 is 39.9 Å². The minimum Gasteiger partial charge on any atom is -0.356 e. The maximum atomic E-state index is 12.0. The second kappa shape index (κ2) is 11.7. The Bertz CT molecular complexity index is 535. The van der Waals surface area contributed by atoms with Crippen LogP contribution in [0.1, 0.15) is 25.8 Å². The highest BCUT2D eigenvalue weighted by Gasteiger charge is 2.06. The number of nitrogens with one attached hydrogen (secondary N) is 3. The van der Waals surface area contributed by atoms with Gasteiger partial charge in [-0.1, -0.05) is 35.8 Å². The number of benzene rings is 1. The van der Waals surface area contributed by atoms with Crippen molar-refractivity contribution in [2.75, 3.05) is 25.5 Å². The number of halogens is 2. The Morgan fingerprint density at radius 3 is 2.61 bits per heavy atom. The lowest BCUT2D eigenvalue weighted by Gasteiger charge is -2.13. The Hall–Kier alpha value is -0.830. The number of carbonyl (C=O) groups is 1. The van der Waals surface area contributed by atoms with Gasteiger partial charge in [0.05, 0.1) is 6.54 Å². The van der Waals surface area contributed by atoms with E-state index in [1.54, 1.807) is 7.05 Å². The third-order valence-electron chi connectivity index (χ3n) is 3.13. The van der Waals surface area contributed by atoms with E-state index in [0.29, 0.717) is 11.9 Å². The molecule has 7 heteroatoms. The maximum Gasteiger partial charge on any atom is 0.243 e.